The summed E-state index contributed by atoms with van der Waals surface area (Å²) in [5.41, 5.74) is 5.64. The minimum Gasteiger partial charge on any atom is -0.437 e. The number of nitrogens with two attached hydrogens (primary N) is 1. The molecule has 1 unspecified atom stereocenters. The van der Waals surface area contributed by atoms with Gasteiger partial charge in [0.1, 0.15) is 0 Å². The van der Waals surface area contributed by atoms with Crippen LogP contribution in [0.25, 0.3) is 0 Å². The molecule has 0 saturated heterocycles. The van der Waals surface area contributed by atoms with Crippen molar-refractivity contribution in [3.05, 3.63) is 30.3 Å². The van der Waals surface area contributed by atoms with Crippen LogP contribution in [0.2, 0.25) is 0 Å². The Bertz CT molecular complexity index is 392. The van der Waals surface area contributed by atoms with E-state index in [4.69, 9.17) is 5.73 Å². The average Bonchev–Trinajstić information content (AvgIpc) is 2.30. The molecular weight excluding hydrogens is 220 g/mol. The molecule has 1 rings (SSSR count). The molecule has 0 aliphatic heterocycles. The van der Waals surface area contributed by atoms with Crippen LogP contribution in [0.5, 0.6) is 0 Å². The highest BCUT2D eigenvalue weighted by Gasteiger charge is 2.22. The highest BCUT2D eigenvalue weighted by molar-refractivity contribution is 5.97. The first-order valence-electron chi connectivity index (χ1n) is 5.38. The topological polar surface area (TPSA) is 72.6 Å². The molecule has 0 spiro atoms. The number of para-hydroxylation sites is 1. The first kappa shape index (κ1) is 13.0. The number of carbonyl (C=O) groups excluding carboxylic acids is 2. The quantitative estimate of drug-likeness (QED) is 0.861. The normalized spacial score (nSPS) is 11.6. The number of hydrogen-bond donors (Lipinski definition) is 1. The van der Waals surface area contributed by atoms with Gasteiger partial charge in [-0.15, -0.1) is 0 Å². The number of rotatable bonds is 4. The molecule has 0 aromatic heterocycles. The van der Waals surface area contributed by atoms with Crippen molar-refractivity contribution in [3.8, 4) is 0 Å². The fraction of sp³-hybridized carbons (Fsp3) is 0.333. The van der Waals surface area contributed by atoms with Gasteiger partial charge in [-0.2, -0.15) is 0 Å². The van der Waals surface area contributed by atoms with Crippen molar-refractivity contribution in [3.63, 3.8) is 0 Å². The molecular formula is C12H16N2O3. The lowest BCUT2D eigenvalue weighted by atomic mass is 10.2. The van der Waals surface area contributed by atoms with Gasteiger partial charge in [0.05, 0.1) is 0 Å². The Kier molecular flexibility index (Phi) is 4.51. The number of benzene rings is 1. The fourth-order valence-corrected chi connectivity index (χ4v) is 1.52. The van der Waals surface area contributed by atoms with Gasteiger partial charge in [-0.1, -0.05) is 18.2 Å². The van der Waals surface area contributed by atoms with Gasteiger partial charge >= 0.3 is 6.09 Å². The van der Waals surface area contributed by atoms with Gasteiger partial charge in [-0.05, 0) is 26.0 Å². The number of ether oxygens (including phenoxy) is 1. The lowest BCUT2D eigenvalue weighted by molar-refractivity contribution is -0.125. The largest absolute Gasteiger partial charge is 0.437 e. The molecule has 0 heterocycles. The summed E-state index contributed by atoms with van der Waals surface area (Å²) in [7, 11) is 0. The molecule has 2 N–H and O–H groups in total. The van der Waals surface area contributed by atoms with Crippen LogP contribution in [-0.2, 0) is 9.53 Å². The minimum atomic E-state index is -0.949. The molecule has 0 aliphatic rings. The Labute approximate surface area is 100 Å². The third-order valence-electron chi connectivity index (χ3n) is 2.29. The first-order valence-corrected chi connectivity index (χ1v) is 5.38. The van der Waals surface area contributed by atoms with E-state index < -0.39 is 12.2 Å². The standard InChI is InChI=1S/C12H16N2O3/c1-3-14(10-7-5-4-6-8-10)11(15)9(2)17-12(13)16/h4-9H,3H2,1-2H3,(H2,13,16). The Morgan fingerprint density at radius 1 is 1.35 bits per heavy atom. The molecule has 5 heteroatoms. The Hall–Kier alpha value is -2.04. The molecule has 1 atom stereocenters. The third kappa shape index (κ3) is 3.48. The van der Waals surface area contributed by atoms with Gasteiger partial charge in [0.25, 0.3) is 5.91 Å². The summed E-state index contributed by atoms with van der Waals surface area (Å²) in [4.78, 5) is 24.1. The van der Waals surface area contributed by atoms with Crippen molar-refractivity contribution < 1.29 is 14.3 Å². The number of likely N-dealkylation sites (N-methyl/N-ethyl adjacent to an activating group) is 1. The van der Waals surface area contributed by atoms with Crippen LogP contribution in [0, 0.1) is 0 Å². The number of amides is 2. The molecule has 0 saturated carbocycles. The molecule has 0 bridgehead atoms. The van der Waals surface area contributed by atoms with Crippen LogP contribution in [-0.4, -0.2) is 24.6 Å². The number of carbonyl (C=O) groups is 2. The van der Waals surface area contributed by atoms with Gasteiger partial charge in [-0.25, -0.2) is 4.79 Å². The molecule has 1 aromatic carbocycles. The van der Waals surface area contributed by atoms with Gasteiger partial charge < -0.3 is 15.4 Å². The average molecular weight is 236 g/mol. The fourth-order valence-electron chi connectivity index (χ4n) is 1.52. The molecule has 5 nitrogen and oxygen atoms in total. The second-order valence-electron chi connectivity index (χ2n) is 3.50. The summed E-state index contributed by atoms with van der Waals surface area (Å²) >= 11 is 0. The van der Waals surface area contributed by atoms with E-state index in [-0.39, 0.29) is 5.91 Å². The Morgan fingerprint density at radius 3 is 2.41 bits per heavy atom. The second-order valence-corrected chi connectivity index (χ2v) is 3.50. The van der Waals surface area contributed by atoms with Gasteiger partial charge in [0.15, 0.2) is 6.10 Å². The summed E-state index contributed by atoms with van der Waals surface area (Å²) in [6, 6.07) is 9.18. The lowest BCUT2D eigenvalue weighted by Gasteiger charge is -2.23. The molecule has 0 radical (unpaired) electrons. The molecule has 92 valence electrons. The number of primary amides is 1. The maximum atomic E-state index is 12.0. The first-order chi connectivity index (χ1) is 8.06. The van der Waals surface area contributed by atoms with E-state index in [9.17, 15) is 9.59 Å². The maximum absolute atomic E-state index is 12.0. The zero-order valence-corrected chi connectivity index (χ0v) is 9.92. The Balaban J connectivity index is 2.81. The van der Waals surface area contributed by atoms with Crippen LogP contribution < -0.4 is 10.6 Å². The summed E-state index contributed by atoms with van der Waals surface area (Å²) in [5, 5.41) is 0. The van der Waals surface area contributed by atoms with Gasteiger partial charge in [0.2, 0.25) is 0 Å². The van der Waals surface area contributed by atoms with Crippen molar-refractivity contribution in [1.82, 2.24) is 0 Å². The third-order valence-corrected chi connectivity index (χ3v) is 2.29. The van der Waals surface area contributed by atoms with Crippen molar-refractivity contribution in [1.29, 1.82) is 0 Å². The van der Waals surface area contributed by atoms with E-state index in [1.807, 2.05) is 37.3 Å². The van der Waals surface area contributed by atoms with Crippen molar-refractivity contribution in [2.75, 3.05) is 11.4 Å². The zero-order valence-electron chi connectivity index (χ0n) is 9.92. The monoisotopic (exact) mass is 236 g/mol. The zero-order chi connectivity index (χ0) is 12.8. The van der Waals surface area contributed by atoms with Crippen molar-refractivity contribution >= 4 is 17.7 Å². The van der Waals surface area contributed by atoms with Crippen LogP contribution in [0.4, 0.5) is 10.5 Å². The van der Waals surface area contributed by atoms with Gasteiger partial charge in [0, 0.05) is 12.2 Å². The lowest BCUT2D eigenvalue weighted by Crippen LogP contribution is -2.40. The van der Waals surface area contributed by atoms with E-state index in [1.54, 1.807) is 0 Å². The molecule has 17 heavy (non-hydrogen) atoms. The van der Waals surface area contributed by atoms with Crippen molar-refractivity contribution in [2.24, 2.45) is 5.73 Å². The minimum absolute atomic E-state index is 0.294. The molecule has 1 aromatic rings. The predicted octanol–water partition coefficient (Wildman–Crippen LogP) is 1.52. The molecule has 2 amide bonds. The summed E-state index contributed by atoms with van der Waals surface area (Å²) in [5.74, 6) is -0.294. The number of nitrogens with zero attached hydrogens (tertiary/aromatic N) is 1. The van der Waals surface area contributed by atoms with Gasteiger partial charge in [-0.3, -0.25) is 4.79 Å². The SMILES string of the molecule is CCN(C(=O)C(C)OC(N)=O)c1ccccc1. The summed E-state index contributed by atoms with van der Waals surface area (Å²) < 4.78 is 4.66. The smallest absolute Gasteiger partial charge is 0.405 e. The number of anilines is 1. The van der Waals surface area contributed by atoms with Crippen LogP contribution in [0.3, 0.4) is 0 Å². The van der Waals surface area contributed by atoms with Crippen LogP contribution in [0.1, 0.15) is 13.8 Å². The highest BCUT2D eigenvalue weighted by Crippen LogP contribution is 2.14. The molecule has 0 aliphatic carbocycles. The molecule has 0 fully saturated rings. The second kappa shape index (κ2) is 5.89. The number of hydrogen-bond acceptors (Lipinski definition) is 3. The summed E-state index contributed by atoms with van der Waals surface area (Å²) in [6.07, 6.45) is -1.83. The van der Waals surface area contributed by atoms with E-state index >= 15 is 0 Å². The van der Waals surface area contributed by atoms with Crippen molar-refractivity contribution in [2.45, 2.75) is 20.0 Å². The van der Waals surface area contributed by atoms with E-state index in [0.717, 1.165) is 5.69 Å². The van der Waals surface area contributed by atoms with Crippen LogP contribution in [0.15, 0.2) is 30.3 Å². The van der Waals surface area contributed by atoms with Crippen LogP contribution >= 0.6 is 0 Å². The Morgan fingerprint density at radius 2 is 1.94 bits per heavy atom. The van der Waals surface area contributed by atoms with E-state index in [0.29, 0.717) is 6.54 Å². The summed E-state index contributed by atoms with van der Waals surface area (Å²) in [6.45, 7) is 3.84. The van der Waals surface area contributed by atoms with E-state index in [1.165, 1.54) is 11.8 Å². The predicted molar refractivity (Wildman–Crippen MR) is 64.6 cm³/mol. The highest BCUT2D eigenvalue weighted by atomic mass is 16.6. The maximum Gasteiger partial charge on any atom is 0.405 e. The van der Waals surface area contributed by atoms with E-state index in [2.05, 4.69) is 4.74 Å².